The summed E-state index contributed by atoms with van der Waals surface area (Å²) in [5.74, 6) is 0.957. The third kappa shape index (κ3) is 3.50. The molecule has 152 valence electrons. The van der Waals surface area contributed by atoms with E-state index in [1.807, 2.05) is 24.3 Å². The highest BCUT2D eigenvalue weighted by molar-refractivity contribution is 7.09. The number of carbonyl (C=O) groups excluding carboxylic acids is 1. The number of allylic oxidation sites excluding steroid dienone is 1. The first-order chi connectivity index (χ1) is 14.2. The van der Waals surface area contributed by atoms with Crippen LogP contribution in [-0.2, 0) is 20.8 Å². The number of thiophene rings is 1. The van der Waals surface area contributed by atoms with E-state index < -0.39 is 0 Å². The molecule has 0 N–H and O–H groups in total. The summed E-state index contributed by atoms with van der Waals surface area (Å²) in [6.45, 7) is 2.43. The third-order valence-corrected chi connectivity index (χ3v) is 7.16. The van der Waals surface area contributed by atoms with E-state index in [1.54, 1.807) is 24.7 Å². The monoisotopic (exact) mass is 411 g/mol. The van der Waals surface area contributed by atoms with Crippen molar-refractivity contribution in [3.05, 3.63) is 58.5 Å². The van der Waals surface area contributed by atoms with Gasteiger partial charge in [-0.1, -0.05) is 24.3 Å². The number of hydrogen-bond donors (Lipinski definition) is 0. The lowest BCUT2D eigenvalue weighted by Gasteiger charge is -2.48. The van der Waals surface area contributed by atoms with Gasteiger partial charge in [-0.15, -0.1) is 11.3 Å². The number of ketones is 1. The van der Waals surface area contributed by atoms with Crippen LogP contribution in [0.4, 0.5) is 0 Å². The second-order valence-corrected chi connectivity index (χ2v) is 9.00. The van der Waals surface area contributed by atoms with E-state index in [4.69, 9.17) is 14.2 Å². The SMILES string of the molecule is COc1ccccc1C1=COC2C(CCC3OCN(Cc4cccs4)CC32)C1=O. The van der Waals surface area contributed by atoms with E-state index in [2.05, 4.69) is 22.4 Å². The number of methoxy groups -OCH3 is 1. The maximum absolute atomic E-state index is 13.4. The van der Waals surface area contributed by atoms with E-state index in [0.29, 0.717) is 18.1 Å². The molecule has 5 rings (SSSR count). The molecular weight excluding hydrogens is 386 g/mol. The van der Waals surface area contributed by atoms with Crippen molar-refractivity contribution in [3.63, 3.8) is 0 Å². The van der Waals surface area contributed by atoms with Crippen molar-refractivity contribution < 1.29 is 19.0 Å². The van der Waals surface area contributed by atoms with Gasteiger partial charge in [0, 0.05) is 29.4 Å². The number of hydrogen-bond acceptors (Lipinski definition) is 6. The van der Waals surface area contributed by atoms with Crippen molar-refractivity contribution in [1.82, 2.24) is 4.90 Å². The zero-order chi connectivity index (χ0) is 19.8. The lowest BCUT2D eigenvalue weighted by molar-refractivity contribution is -0.171. The van der Waals surface area contributed by atoms with Gasteiger partial charge in [-0.25, -0.2) is 0 Å². The number of para-hydroxylation sites is 1. The first-order valence-electron chi connectivity index (χ1n) is 10.1. The predicted octanol–water partition coefficient (Wildman–Crippen LogP) is 3.95. The summed E-state index contributed by atoms with van der Waals surface area (Å²) in [6.07, 6.45) is 3.42. The van der Waals surface area contributed by atoms with Crippen LogP contribution in [0, 0.1) is 11.8 Å². The first kappa shape index (κ1) is 18.9. The maximum Gasteiger partial charge on any atom is 0.173 e. The van der Waals surface area contributed by atoms with Crippen LogP contribution in [-0.4, -0.2) is 43.3 Å². The Labute approximate surface area is 174 Å². The highest BCUT2D eigenvalue weighted by Gasteiger charge is 2.49. The van der Waals surface area contributed by atoms with Crippen LogP contribution in [0.15, 0.2) is 48.0 Å². The van der Waals surface area contributed by atoms with Gasteiger partial charge in [0.25, 0.3) is 0 Å². The quantitative estimate of drug-likeness (QED) is 0.762. The molecule has 1 aromatic carbocycles. The zero-order valence-corrected chi connectivity index (χ0v) is 17.3. The molecule has 3 aliphatic rings. The van der Waals surface area contributed by atoms with Gasteiger partial charge in [0.15, 0.2) is 5.78 Å². The number of fused-ring (bicyclic) bond motifs is 3. The lowest BCUT2D eigenvalue weighted by atomic mass is 9.71. The average Bonchev–Trinajstić information content (AvgIpc) is 3.27. The average molecular weight is 412 g/mol. The van der Waals surface area contributed by atoms with Gasteiger partial charge in [-0.05, 0) is 30.4 Å². The third-order valence-electron chi connectivity index (χ3n) is 6.30. The van der Waals surface area contributed by atoms with Crippen LogP contribution >= 0.6 is 11.3 Å². The molecular formula is C23H25NO4S. The Balaban J connectivity index is 1.37. The molecule has 6 heteroatoms. The van der Waals surface area contributed by atoms with Crippen molar-refractivity contribution in [1.29, 1.82) is 0 Å². The minimum Gasteiger partial charge on any atom is -0.496 e. The second kappa shape index (κ2) is 7.94. The van der Waals surface area contributed by atoms with Gasteiger partial charge >= 0.3 is 0 Å². The van der Waals surface area contributed by atoms with Crippen LogP contribution in [0.25, 0.3) is 5.57 Å². The summed E-state index contributed by atoms with van der Waals surface area (Å²) in [4.78, 5) is 17.0. The van der Waals surface area contributed by atoms with E-state index in [0.717, 1.165) is 31.5 Å². The first-order valence-corrected chi connectivity index (χ1v) is 11.0. The largest absolute Gasteiger partial charge is 0.496 e. The van der Waals surface area contributed by atoms with Crippen molar-refractivity contribution in [3.8, 4) is 5.75 Å². The van der Waals surface area contributed by atoms with Crippen molar-refractivity contribution in [2.45, 2.75) is 31.6 Å². The fourth-order valence-corrected chi connectivity index (χ4v) is 5.64. The van der Waals surface area contributed by atoms with Gasteiger partial charge in [0.1, 0.15) is 11.9 Å². The summed E-state index contributed by atoms with van der Waals surface area (Å²) in [5, 5.41) is 2.10. The minimum absolute atomic E-state index is 0.119. The number of rotatable bonds is 4. The van der Waals surface area contributed by atoms with Gasteiger partial charge in [-0.2, -0.15) is 0 Å². The van der Waals surface area contributed by atoms with Crippen LogP contribution < -0.4 is 4.74 Å². The minimum atomic E-state index is -0.120. The standard InChI is InChI=1S/C23H25NO4S/c1-26-20-7-3-2-6-16(20)19-13-27-23-17(22(19)25)8-9-21-18(23)12-24(14-28-21)11-15-5-4-10-29-15/h2-7,10,13,17-18,21,23H,8-9,11-12,14H2,1H3. The molecule has 0 radical (unpaired) electrons. The number of nitrogens with zero attached hydrogens (tertiary/aromatic N) is 1. The Morgan fingerprint density at radius 3 is 2.93 bits per heavy atom. The molecule has 3 heterocycles. The van der Waals surface area contributed by atoms with Crippen molar-refractivity contribution in [2.75, 3.05) is 20.4 Å². The summed E-state index contributed by atoms with van der Waals surface area (Å²) < 4.78 is 17.9. The maximum atomic E-state index is 13.4. The van der Waals surface area contributed by atoms with Gasteiger partial charge in [0.05, 0.1) is 37.7 Å². The second-order valence-electron chi connectivity index (χ2n) is 7.97. The number of ether oxygens (including phenoxy) is 3. The highest BCUT2D eigenvalue weighted by Crippen LogP contribution is 2.43. The molecule has 0 spiro atoms. The Bertz CT molecular complexity index is 909. The molecule has 5 nitrogen and oxygen atoms in total. The van der Waals surface area contributed by atoms with Crippen molar-refractivity contribution >= 4 is 22.7 Å². The number of Topliss-reactive ketones (excluding diaryl/α,β-unsaturated/α-hetero) is 1. The smallest absolute Gasteiger partial charge is 0.173 e. The van der Waals surface area contributed by atoms with Gasteiger partial charge in [0.2, 0.25) is 0 Å². The molecule has 0 amide bonds. The molecule has 1 saturated carbocycles. The highest BCUT2D eigenvalue weighted by atomic mass is 32.1. The van der Waals surface area contributed by atoms with E-state index in [1.165, 1.54) is 4.88 Å². The molecule has 1 aliphatic carbocycles. The van der Waals surface area contributed by atoms with Crippen LogP contribution in [0.3, 0.4) is 0 Å². The molecule has 1 aromatic heterocycles. The summed E-state index contributed by atoms with van der Waals surface area (Å²) >= 11 is 1.77. The molecule has 2 aromatic rings. The molecule has 2 fully saturated rings. The van der Waals surface area contributed by atoms with E-state index in [9.17, 15) is 4.79 Å². The van der Waals surface area contributed by atoms with E-state index in [-0.39, 0.29) is 29.8 Å². The van der Waals surface area contributed by atoms with Gasteiger partial charge < -0.3 is 14.2 Å². The number of carbonyl (C=O) groups is 1. The summed E-state index contributed by atoms with van der Waals surface area (Å²) in [7, 11) is 1.63. The molecule has 29 heavy (non-hydrogen) atoms. The molecule has 4 atom stereocenters. The molecule has 1 saturated heterocycles. The fourth-order valence-electron chi connectivity index (χ4n) is 4.89. The fraction of sp³-hybridized carbons (Fsp3) is 0.435. The topological polar surface area (TPSA) is 48.0 Å². The predicted molar refractivity (Wildman–Crippen MR) is 112 cm³/mol. The van der Waals surface area contributed by atoms with Crippen LogP contribution in [0.5, 0.6) is 5.75 Å². The Kier molecular flexibility index (Phi) is 5.16. The Hall–Kier alpha value is -2.15. The Morgan fingerprint density at radius 2 is 2.10 bits per heavy atom. The summed E-state index contributed by atoms with van der Waals surface area (Å²) in [5.41, 5.74) is 1.43. The zero-order valence-electron chi connectivity index (χ0n) is 16.5. The summed E-state index contributed by atoms with van der Waals surface area (Å²) in [6, 6.07) is 11.9. The van der Waals surface area contributed by atoms with Crippen LogP contribution in [0.2, 0.25) is 0 Å². The van der Waals surface area contributed by atoms with Crippen molar-refractivity contribution in [2.24, 2.45) is 11.8 Å². The molecule has 0 bridgehead atoms. The van der Waals surface area contributed by atoms with E-state index >= 15 is 0 Å². The lowest BCUT2D eigenvalue weighted by Crippen LogP contribution is -2.56. The molecule has 4 unspecified atom stereocenters. The molecule has 2 aliphatic heterocycles. The normalized spacial score (nSPS) is 29.4. The van der Waals surface area contributed by atoms with Crippen LogP contribution in [0.1, 0.15) is 23.3 Å². The Morgan fingerprint density at radius 1 is 1.21 bits per heavy atom. The van der Waals surface area contributed by atoms with Gasteiger partial charge in [-0.3, -0.25) is 9.69 Å². The number of benzene rings is 1.